The molecule has 2 aliphatic rings. The van der Waals surface area contributed by atoms with E-state index in [2.05, 4.69) is 4.72 Å². The number of sulfonamides is 1. The fourth-order valence-electron chi connectivity index (χ4n) is 4.14. The van der Waals surface area contributed by atoms with Gasteiger partial charge in [0.15, 0.2) is 0 Å². The number of amides is 1. The maximum absolute atomic E-state index is 13.1. The Morgan fingerprint density at radius 1 is 1.11 bits per heavy atom. The number of rotatable bonds is 4. The summed E-state index contributed by atoms with van der Waals surface area (Å²) >= 11 is 0. The van der Waals surface area contributed by atoms with Crippen LogP contribution in [0.1, 0.15) is 47.2 Å². The molecule has 4 rings (SSSR count). The molecule has 0 unspecified atom stereocenters. The third kappa shape index (κ3) is 3.51. The summed E-state index contributed by atoms with van der Waals surface area (Å²) in [7, 11) is -3.61. The van der Waals surface area contributed by atoms with Crippen molar-refractivity contribution >= 4 is 21.6 Å². The lowest BCUT2D eigenvalue weighted by Crippen LogP contribution is -2.33. The minimum atomic E-state index is -3.61. The van der Waals surface area contributed by atoms with Crippen LogP contribution >= 0.6 is 0 Å². The number of para-hydroxylation sites is 1. The first-order valence-electron chi connectivity index (χ1n) is 9.48. The second-order valence-electron chi connectivity index (χ2n) is 7.42. The number of nitrogens with zero attached hydrogens (tertiary/aromatic N) is 1. The third-order valence-electron chi connectivity index (χ3n) is 5.51. The average Bonchev–Trinajstić information content (AvgIpc) is 3.31. The summed E-state index contributed by atoms with van der Waals surface area (Å²) in [5.41, 5.74) is 3.58. The number of benzene rings is 2. The van der Waals surface area contributed by atoms with Gasteiger partial charge in [0.25, 0.3) is 5.91 Å². The Morgan fingerprint density at radius 2 is 1.85 bits per heavy atom. The van der Waals surface area contributed by atoms with E-state index in [0.717, 1.165) is 48.9 Å². The zero-order chi connectivity index (χ0) is 19.0. The summed E-state index contributed by atoms with van der Waals surface area (Å²) in [4.78, 5) is 15.0. The van der Waals surface area contributed by atoms with Crippen LogP contribution in [0.3, 0.4) is 0 Å². The monoisotopic (exact) mass is 384 g/mol. The van der Waals surface area contributed by atoms with Crippen LogP contribution in [0.15, 0.2) is 47.4 Å². The van der Waals surface area contributed by atoms with E-state index in [1.165, 1.54) is 6.07 Å². The molecule has 0 spiro atoms. The lowest BCUT2D eigenvalue weighted by Gasteiger charge is -2.20. The van der Waals surface area contributed by atoms with Crippen LogP contribution in [0.4, 0.5) is 5.69 Å². The molecule has 1 saturated carbocycles. The Balaban J connectivity index is 1.61. The van der Waals surface area contributed by atoms with Gasteiger partial charge in [-0.05, 0) is 55.5 Å². The molecule has 1 amide bonds. The third-order valence-corrected chi connectivity index (χ3v) is 7.03. The second kappa shape index (κ2) is 7.09. The molecule has 0 bridgehead atoms. The number of nitrogens with one attached hydrogen (secondary N) is 1. The van der Waals surface area contributed by atoms with Crippen molar-refractivity contribution in [2.45, 2.75) is 50.0 Å². The van der Waals surface area contributed by atoms with Crippen molar-refractivity contribution in [1.29, 1.82) is 0 Å². The fourth-order valence-corrected chi connectivity index (χ4v) is 5.49. The summed E-state index contributed by atoms with van der Waals surface area (Å²) in [5, 5.41) is 0. The SMILES string of the molecule is Cc1cccc2c1N(C(=O)c1cccc(S(=O)(=O)NC3CCCC3)c1)CC2. The van der Waals surface area contributed by atoms with Crippen molar-refractivity contribution in [2.24, 2.45) is 0 Å². The van der Waals surface area contributed by atoms with Gasteiger partial charge in [-0.1, -0.05) is 37.1 Å². The van der Waals surface area contributed by atoms with Crippen LogP contribution in [0.5, 0.6) is 0 Å². The maximum Gasteiger partial charge on any atom is 0.258 e. The van der Waals surface area contributed by atoms with Crippen molar-refractivity contribution in [3.05, 3.63) is 59.2 Å². The van der Waals surface area contributed by atoms with Gasteiger partial charge in [0.05, 0.1) is 10.6 Å². The topological polar surface area (TPSA) is 66.5 Å². The van der Waals surface area contributed by atoms with Crippen LogP contribution in [0.2, 0.25) is 0 Å². The van der Waals surface area contributed by atoms with Gasteiger partial charge in [-0.2, -0.15) is 0 Å². The lowest BCUT2D eigenvalue weighted by atomic mass is 10.1. The molecule has 5 nitrogen and oxygen atoms in total. The Bertz CT molecular complexity index is 979. The maximum atomic E-state index is 13.1. The fraction of sp³-hybridized carbons (Fsp3) is 0.381. The van der Waals surface area contributed by atoms with E-state index in [-0.39, 0.29) is 16.8 Å². The zero-order valence-corrected chi connectivity index (χ0v) is 16.3. The van der Waals surface area contributed by atoms with Crippen LogP contribution in [0, 0.1) is 6.92 Å². The predicted molar refractivity (Wildman–Crippen MR) is 106 cm³/mol. The van der Waals surface area contributed by atoms with Gasteiger partial charge >= 0.3 is 0 Å². The largest absolute Gasteiger partial charge is 0.307 e. The van der Waals surface area contributed by atoms with E-state index >= 15 is 0 Å². The zero-order valence-electron chi connectivity index (χ0n) is 15.4. The van der Waals surface area contributed by atoms with Crippen LogP contribution in [-0.2, 0) is 16.4 Å². The molecule has 1 fully saturated rings. The molecule has 0 saturated heterocycles. The standard InChI is InChI=1S/C21H24N2O3S/c1-15-6-4-7-16-12-13-23(20(15)16)21(24)17-8-5-11-19(14-17)27(25,26)22-18-9-2-3-10-18/h4-8,11,14,18,22H,2-3,9-10,12-13H2,1H3. The van der Waals surface area contributed by atoms with E-state index in [1.807, 2.05) is 25.1 Å². The Labute approximate surface area is 160 Å². The molecule has 1 heterocycles. The molecular weight excluding hydrogens is 360 g/mol. The second-order valence-corrected chi connectivity index (χ2v) is 9.13. The molecule has 0 atom stereocenters. The van der Waals surface area contributed by atoms with Gasteiger partial charge in [0.2, 0.25) is 10.0 Å². The molecule has 0 aromatic heterocycles. The van der Waals surface area contributed by atoms with Crippen molar-refractivity contribution in [3.8, 4) is 0 Å². The number of anilines is 1. The number of hydrogen-bond donors (Lipinski definition) is 1. The molecular formula is C21H24N2O3S. The molecule has 1 N–H and O–H groups in total. The van der Waals surface area contributed by atoms with Gasteiger partial charge in [-0.3, -0.25) is 4.79 Å². The number of carbonyl (C=O) groups excluding carboxylic acids is 1. The Hall–Kier alpha value is -2.18. The van der Waals surface area contributed by atoms with Crippen LogP contribution < -0.4 is 9.62 Å². The first kappa shape index (κ1) is 18.2. The minimum Gasteiger partial charge on any atom is -0.307 e. The summed E-state index contributed by atoms with van der Waals surface area (Å²) in [6, 6.07) is 12.4. The molecule has 0 radical (unpaired) electrons. The normalized spacial score (nSPS) is 17.3. The van der Waals surface area contributed by atoms with Gasteiger partial charge in [-0.25, -0.2) is 13.1 Å². The number of carbonyl (C=O) groups is 1. The average molecular weight is 385 g/mol. The number of fused-ring (bicyclic) bond motifs is 1. The molecule has 2 aromatic rings. The van der Waals surface area contributed by atoms with Crippen molar-refractivity contribution in [3.63, 3.8) is 0 Å². The number of aryl methyl sites for hydroxylation is 1. The minimum absolute atomic E-state index is 0.00228. The highest BCUT2D eigenvalue weighted by Crippen LogP contribution is 2.32. The first-order valence-corrected chi connectivity index (χ1v) is 11.0. The predicted octanol–water partition coefficient (Wildman–Crippen LogP) is 3.42. The van der Waals surface area contributed by atoms with E-state index in [1.54, 1.807) is 23.1 Å². The molecule has 2 aromatic carbocycles. The van der Waals surface area contributed by atoms with Crippen LogP contribution in [0.25, 0.3) is 0 Å². The van der Waals surface area contributed by atoms with E-state index in [0.29, 0.717) is 12.1 Å². The van der Waals surface area contributed by atoms with Gasteiger partial charge < -0.3 is 4.90 Å². The summed E-state index contributed by atoms with van der Waals surface area (Å²) < 4.78 is 28.2. The smallest absolute Gasteiger partial charge is 0.258 e. The molecule has 1 aliphatic carbocycles. The highest BCUT2D eigenvalue weighted by Gasteiger charge is 2.28. The van der Waals surface area contributed by atoms with E-state index < -0.39 is 10.0 Å². The van der Waals surface area contributed by atoms with E-state index in [4.69, 9.17) is 0 Å². The summed E-state index contributed by atoms with van der Waals surface area (Å²) in [5.74, 6) is -0.152. The Morgan fingerprint density at radius 3 is 2.63 bits per heavy atom. The Kier molecular flexibility index (Phi) is 4.78. The van der Waals surface area contributed by atoms with Crippen LogP contribution in [-0.4, -0.2) is 26.9 Å². The molecule has 142 valence electrons. The first-order chi connectivity index (χ1) is 13.0. The highest BCUT2D eigenvalue weighted by molar-refractivity contribution is 7.89. The van der Waals surface area contributed by atoms with Crippen molar-refractivity contribution < 1.29 is 13.2 Å². The summed E-state index contributed by atoms with van der Waals surface area (Å²) in [6.45, 7) is 2.62. The van der Waals surface area contributed by atoms with Gasteiger partial charge in [0, 0.05) is 18.2 Å². The van der Waals surface area contributed by atoms with Crippen molar-refractivity contribution in [1.82, 2.24) is 4.72 Å². The van der Waals surface area contributed by atoms with Crippen molar-refractivity contribution in [2.75, 3.05) is 11.4 Å². The number of hydrogen-bond acceptors (Lipinski definition) is 3. The van der Waals surface area contributed by atoms with Gasteiger partial charge in [-0.15, -0.1) is 0 Å². The van der Waals surface area contributed by atoms with Gasteiger partial charge in [0.1, 0.15) is 0 Å². The summed E-state index contributed by atoms with van der Waals surface area (Å²) in [6.07, 6.45) is 4.69. The molecule has 1 aliphatic heterocycles. The van der Waals surface area contributed by atoms with E-state index in [9.17, 15) is 13.2 Å². The molecule has 6 heteroatoms. The highest BCUT2D eigenvalue weighted by atomic mass is 32.2. The quantitative estimate of drug-likeness (QED) is 0.878. The molecule has 27 heavy (non-hydrogen) atoms. The lowest BCUT2D eigenvalue weighted by molar-refractivity contribution is 0.0989.